The van der Waals surface area contributed by atoms with E-state index in [1.54, 1.807) is 11.0 Å². The van der Waals surface area contributed by atoms with Gasteiger partial charge in [-0.3, -0.25) is 0 Å². The number of rotatable bonds is 6. The van der Waals surface area contributed by atoms with Crippen molar-refractivity contribution in [1.82, 2.24) is 19.5 Å². The van der Waals surface area contributed by atoms with E-state index < -0.39 is 29.4 Å². The molecule has 0 bridgehead atoms. The number of hydrogen-bond donors (Lipinski definition) is 2. The lowest BCUT2D eigenvalue weighted by atomic mass is 10.00. The number of aromatic nitrogens is 4. The Labute approximate surface area is 196 Å². The Balaban J connectivity index is 1.84. The molecule has 34 heavy (non-hydrogen) atoms. The Bertz CT molecular complexity index is 1250. The normalized spacial score (nSPS) is 16.4. The number of hydrogen-bond acceptors (Lipinski definition) is 8. The number of alkyl halides is 3. The van der Waals surface area contributed by atoms with Crippen LogP contribution in [-0.4, -0.2) is 49.4 Å². The molecule has 2 N–H and O–H groups in total. The second kappa shape index (κ2) is 9.04. The lowest BCUT2D eigenvalue weighted by Crippen LogP contribution is -2.42. The Hall–Kier alpha value is -2.90. The highest BCUT2D eigenvalue weighted by Crippen LogP contribution is 2.39. The standard InChI is InChI=1S/C21H22F3N5O4S/c1-10(2)16-18-26-13-6-11(9-30)15(34-33-3)7-14(13)28(18)4-5-29(16)20-25-8-12(19(31)32)17(27-20)21(22,23)24/h6-8,10,16,30H,4-5,9H2,1-3H3,(H,31,32). The van der Waals surface area contributed by atoms with Gasteiger partial charge in [-0.05, 0) is 23.6 Å². The smallest absolute Gasteiger partial charge is 0.434 e. The van der Waals surface area contributed by atoms with Crippen LogP contribution >= 0.6 is 12.0 Å². The number of aliphatic hydroxyl groups excluding tert-OH is 1. The van der Waals surface area contributed by atoms with Crippen LogP contribution in [-0.2, 0) is 23.5 Å². The van der Waals surface area contributed by atoms with Crippen molar-refractivity contribution in [2.75, 3.05) is 18.6 Å². The molecular weight excluding hydrogens is 475 g/mol. The fourth-order valence-corrected chi connectivity index (χ4v) is 4.79. The van der Waals surface area contributed by atoms with E-state index in [9.17, 15) is 23.1 Å². The zero-order valence-corrected chi connectivity index (χ0v) is 19.3. The maximum atomic E-state index is 13.5. The number of aliphatic hydroxyl groups is 1. The van der Waals surface area contributed by atoms with Crippen molar-refractivity contribution in [3.8, 4) is 0 Å². The van der Waals surface area contributed by atoms with Crippen LogP contribution in [0.15, 0.2) is 23.2 Å². The van der Waals surface area contributed by atoms with E-state index in [1.807, 2.05) is 24.5 Å². The minimum Gasteiger partial charge on any atom is -0.478 e. The zero-order valence-electron chi connectivity index (χ0n) is 18.5. The predicted octanol–water partition coefficient (Wildman–Crippen LogP) is 3.91. The van der Waals surface area contributed by atoms with Crippen molar-refractivity contribution in [1.29, 1.82) is 0 Å². The van der Waals surface area contributed by atoms with Crippen LogP contribution in [0.1, 0.15) is 47.3 Å². The number of carboxylic acids is 1. The average Bonchev–Trinajstić information content (AvgIpc) is 3.14. The molecule has 1 atom stereocenters. The van der Waals surface area contributed by atoms with Gasteiger partial charge in [0.05, 0.1) is 30.8 Å². The first-order valence-electron chi connectivity index (χ1n) is 10.4. The minimum atomic E-state index is -4.95. The van der Waals surface area contributed by atoms with E-state index in [0.29, 0.717) is 36.2 Å². The fourth-order valence-electron chi connectivity index (χ4n) is 4.22. The van der Waals surface area contributed by atoms with Gasteiger partial charge in [-0.1, -0.05) is 13.8 Å². The van der Waals surface area contributed by atoms with Gasteiger partial charge in [0.15, 0.2) is 5.69 Å². The molecule has 4 rings (SSSR count). The first kappa shape index (κ1) is 24.2. The third-order valence-electron chi connectivity index (χ3n) is 5.63. The number of nitrogens with zero attached hydrogens (tertiary/aromatic N) is 5. The number of aromatic carboxylic acids is 1. The van der Waals surface area contributed by atoms with Crippen LogP contribution < -0.4 is 4.90 Å². The Morgan fingerprint density at radius 2 is 2.03 bits per heavy atom. The summed E-state index contributed by atoms with van der Waals surface area (Å²) in [4.78, 5) is 26.0. The zero-order chi connectivity index (χ0) is 24.8. The summed E-state index contributed by atoms with van der Waals surface area (Å²) >= 11 is 1.12. The molecule has 0 aliphatic carbocycles. The molecule has 0 saturated carbocycles. The second-order valence-corrected chi connectivity index (χ2v) is 9.04. The molecule has 0 amide bonds. The first-order valence-corrected chi connectivity index (χ1v) is 11.1. The number of fused-ring (bicyclic) bond motifs is 3. The number of imidazole rings is 1. The van der Waals surface area contributed by atoms with E-state index in [1.165, 1.54) is 7.11 Å². The fraction of sp³-hybridized carbons (Fsp3) is 0.429. The highest BCUT2D eigenvalue weighted by Gasteiger charge is 2.40. The SMILES string of the molecule is COSc1cc2c(cc1CO)nc1n2CCN(c2ncc(C(=O)O)c(C(F)(F)F)n2)C1C(C)C. The first-order chi connectivity index (χ1) is 16.1. The summed E-state index contributed by atoms with van der Waals surface area (Å²) in [6, 6.07) is 3.18. The van der Waals surface area contributed by atoms with Crippen LogP contribution in [0.4, 0.5) is 19.1 Å². The molecule has 182 valence electrons. The number of benzene rings is 1. The number of carbonyl (C=O) groups is 1. The van der Waals surface area contributed by atoms with E-state index in [-0.39, 0.29) is 18.5 Å². The molecule has 1 aliphatic rings. The molecule has 1 aromatic carbocycles. The molecule has 3 aromatic rings. The number of anilines is 1. The average molecular weight is 497 g/mol. The second-order valence-electron chi connectivity index (χ2n) is 8.10. The van der Waals surface area contributed by atoms with Crippen LogP contribution in [0.25, 0.3) is 11.0 Å². The van der Waals surface area contributed by atoms with Gasteiger partial charge in [0.2, 0.25) is 5.95 Å². The molecule has 3 heterocycles. The van der Waals surface area contributed by atoms with Gasteiger partial charge >= 0.3 is 12.1 Å². The monoisotopic (exact) mass is 497 g/mol. The summed E-state index contributed by atoms with van der Waals surface area (Å²) < 4.78 is 47.8. The molecular formula is C21H22F3N5O4S. The van der Waals surface area contributed by atoms with Crippen LogP contribution in [0.3, 0.4) is 0 Å². The maximum absolute atomic E-state index is 13.5. The summed E-state index contributed by atoms with van der Waals surface area (Å²) in [7, 11) is 1.53. The van der Waals surface area contributed by atoms with Crippen molar-refractivity contribution in [2.45, 2.75) is 44.1 Å². The topological polar surface area (TPSA) is 114 Å². The summed E-state index contributed by atoms with van der Waals surface area (Å²) in [5.41, 5.74) is -0.378. The Kier molecular flexibility index (Phi) is 6.44. The Morgan fingerprint density at radius 3 is 2.62 bits per heavy atom. The van der Waals surface area contributed by atoms with Gasteiger partial charge < -0.3 is 23.9 Å². The molecule has 9 nitrogen and oxygen atoms in total. The van der Waals surface area contributed by atoms with Gasteiger partial charge in [-0.2, -0.15) is 13.2 Å². The summed E-state index contributed by atoms with van der Waals surface area (Å²) in [6.45, 7) is 4.31. The quantitative estimate of drug-likeness (QED) is 0.490. The van der Waals surface area contributed by atoms with E-state index >= 15 is 0 Å². The van der Waals surface area contributed by atoms with Crippen molar-refractivity contribution >= 4 is 35.0 Å². The van der Waals surface area contributed by atoms with Crippen LogP contribution in [0.2, 0.25) is 0 Å². The molecule has 1 aliphatic heterocycles. The van der Waals surface area contributed by atoms with Crippen molar-refractivity contribution < 1.29 is 32.4 Å². The molecule has 0 fully saturated rings. The van der Waals surface area contributed by atoms with E-state index in [2.05, 4.69) is 9.97 Å². The van der Waals surface area contributed by atoms with Crippen LogP contribution in [0.5, 0.6) is 0 Å². The van der Waals surface area contributed by atoms with Crippen LogP contribution in [0, 0.1) is 5.92 Å². The lowest BCUT2D eigenvalue weighted by molar-refractivity contribution is -0.141. The third-order valence-corrected chi connectivity index (χ3v) is 6.36. The van der Waals surface area contributed by atoms with Crippen molar-refractivity contribution in [3.05, 3.63) is 41.0 Å². The van der Waals surface area contributed by atoms with Crippen molar-refractivity contribution in [2.24, 2.45) is 5.92 Å². The third kappa shape index (κ3) is 4.18. The molecule has 1 unspecified atom stereocenters. The molecule has 13 heteroatoms. The van der Waals surface area contributed by atoms with E-state index in [4.69, 9.17) is 14.3 Å². The highest BCUT2D eigenvalue weighted by molar-refractivity contribution is 7.94. The van der Waals surface area contributed by atoms with Gasteiger partial charge in [-0.15, -0.1) is 0 Å². The summed E-state index contributed by atoms with van der Waals surface area (Å²) in [6.07, 6.45) is -4.25. The van der Waals surface area contributed by atoms with Gasteiger partial charge in [0.25, 0.3) is 0 Å². The predicted molar refractivity (Wildman–Crippen MR) is 117 cm³/mol. The Morgan fingerprint density at radius 1 is 1.29 bits per heavy atom. The molecule has 0 radical (unpaired) electrons. The van der Waals surface area contributed by atoms with Gasteiger partial charge in [0.1, 0.15) is 11.4 Å². The molecule has 0 saturated heterocycles. The van der Waals surface area contributed by atoms with Crippen molar-refractivity contribution in [3.63, 3.8) is 0 Å². The van der Waals surface area contributed by atoms with Gasteiger partial charge in [0, 0.05) is 36.2 Å². The minimum absolute atomic E-state index is 0.0851. The summed E-state index contributed by atoms with van der Waals surface area (Å²) in [5.74, 6) is -1.41. The maximum Gasteiger partial charge on any atom is 0.434 e. The largest absolute Gasteiger partial charge is 0.478 e. The molecule has 0 spiro atoms. The number of halogens is 3. The van der Waals surface area contributed by atoms with E-state index in [0.717, 1.165) is 22.5 Å². The summed E-state index contributed by atoms with van der Waals surface area (Å²) in [5, 5.41) is 18.9. The van der Waals surface area contributed by atoms with Gasteiger partial charge in [-0.25, -0.2) is 19.7 Å². The number of carboxylic acid groups (broad SMARTS) is 1. The highest BCUT2D eigenvalue weighted by atomic mass is 32.2. The molecule has 2 aromatic heterocycles. The lowest BCUT2D eigenvalue weighted by Gasteiger charge is -2.38.